The van der Waals surface area contributed by atoms with Crippen LogP contribution in [0.4, 0.5) is 13.2 Å². The molecule has 0 spiro atoms. The lowest BCUT2D eigenvalue weighted by molar-refractivity contribution is -0.274. The molecule has 0 bridgehead atoms. The summed E-state index contributed by atoms with van der Waals surface area (Å²) in [5.41, 5.74) is 0.588. The number of alkyl halides is 3. The lowest BCUT2D eigenvalue weighted by Gasteiger charge is -2.21. The first kappa shape index (κ1) is 21.8. The number of nitrogens with one attached hydrogen (secondary N) is 2. The number of aliphatic carboxylic acids is 1. The third-order valence-corrected chi connectivity index (χ3v) is 3.95. The van der Waals surface area contributed by atoms with Gasteiger partial charge in [-0.3, -0.25) is 14.9 Å². The fourth-order valence-electron chi connectivity index (χ4n) is 2.30. The number of ether oxygens (including phenoxy) is 1. The first-order chi connectivity index (χ1) is 12.0. The second-order valence-corrected chi connectivity index (χ2v) is 5.99. The van der Waals surface area contributed by atoms with Gasteiger partial charge < -0.3 is 15.2 Å². The minimum atomic E-state index is -4.76. The molecule has 1 aromatic rings. The summed E-state index contributed by atoms with van der Waals surface area (Å²) in [6.07, 6.45) is -4.11. The van der Waals surface area contributed by atoms with Crippen LogP contribution in [0, 0.1) is 5.92 Å². The van der Waals surface area contributed by atoms with E-state index in [1.807, 2.05) is 6.92 Å². The molecule has 0 fully saturated rings. The van der Waals surface area contributed by atoms with Gasteiger partial charge in [-0.05, 0) is 30.5 Å². The van der Waals surface area contributed by atoms with Crippen LogP contribution in [-0.2, 0) is 9.59 Å². The Morgan fingerprint density at radius 2 is 1.77 bits per heavy atom. The van der Waals surface area contributed by atoms with Crippen molar-refractivity contribution in [2.24, 2.45) is 5.92 Å². The number of rotatable bonds is 9. The molecular weight excluding hydrogens is 353 g/mol. The van der Waals surface area contributed by atoms with Crippen molar-refractivity contribution >= 4 is 11.9 Å². The summed E-state index contributed by atoms with van der Waals surface area (Å²) in [5.74, 6) is -1.93. The minimum Gasteiger partial charge on any atom is -0.480 e. The summed E-state index contributed by atoms with van der Waals surface area (Å²) in [4.78, 5) is 23.2. The van der Waals surface area contributed by atoms with E-state index in [1.54, 1.807) is 13.8 Å². The molecule has 0 saturated heterocycles. The van der Waals surface area contributed by atoms with Gasteiger partial charge in [-0.1, -0.05) is 32.4 Å². The minimum absolute atomic E-state index is 0.140. The number of benzene rings is 1. The Labute approximate surface area is 149 Å². The van der Waals surface area contributed by atoms with Gasteiger partial charge in [0.15, 0.2) is 0 Å². The summed E-state index contributed by atoms with van der Waals surface area (Å²) < 4.78 is 40.2. The van der Waals surface area contributed by atoms with E-state index in [2.05, 4.69) is 15.4 Å². The van der Waals surface area contributed by atoms with Crippen LogP contribution in [0.2, 0.25) is 0 Å². The second kappa shape index (κ2) is 9.42. The van der Waals surface area contributed by atoms with Gasteiger partial charge in [0.1, 0.15) is 11.8 Å². The Balaban J connectivity index is 2.57. The van der Waals surface area contributed by atoms with Crippen LogP contribution in [0.15, 0.2) is 24.3 Å². The molecule has 3 N–H and O–H groups in total. The smallest absolute Gasteiger partial charge is 0.480 e. The fraction of sp³-hybridized carbons (Fsp3) is 0.529. The fourth-order valence-corrected chi connectivity index (χ4v) is 2.30. The summed E-state index contributed by atoms with van der Waals surface area (Å²) >= 11 is 0. The molecule has 6 nitrogen and oxygen atoms in total. The Bertz CT molecular complexity index is 605. The van der Waals surface area contributed by atoms with E-state index in [-0.39, 0.29) is 18.2 Å². The number of carbonyl (C=O) groups is 2. The van der Waals surface area contributed by atoms with Crippen LogP contribution in [0.25, 0.3) is 0 Å². The van der Waals surface area contributed by atoms with Gasteiger partial charge in [0.25, 0.3) is 0 Å². The number of amides is 1. The largest absolute Gasteiger partial charge is 0.573 e. The van der Waals surface area contributed by atoms with Gasteiger partial charge in [0.05, 0.1) is 12.6 Å². The zero-order valence-corrected chi connectivity index (χ0v) is 14.8. The van der Waals surface area contributed by atoms with Gasteiger partial charge in [0.2, 0.25) is 5.91 Å². The average Bonchev–Trinajstić information content (AvgIpc) is 2.53. The van der Waals surface area contributed by atoms with E-state index >= 15 is 0 Å². The topological polar surface area (TPSA) is 87.7 Å². The molecule has 0 radical (unpaired) electrons. The van der Waals surface area contributed by atoms with Crippen molar-refractivity contribution in [1.29, 1.82) is 0 Å². The maximum atomic E-state index is 12.1. The standard InChI is InChI=1S/C17H23F3N2O4/c1-4-10(2)15(16(24)25)21-9-14(23)22-11(3)12-5-7-13(8-6-12)26-17(18,19)20/h5-8,10-11,15,21H,4,9H2,1-3H3,(H,22,23)(H,24,25)/t10-,11?,15-/m0/s1. The van der Waals surface area contributed by atoms with E-state index in [1.165, 1.54) is 12.1 Å². The predicted molar refractivity (Wildman–Crippen MR) is 88.6 cm³/mol. The number of carboxylic acid groups (broad SMARTS) is 1. The van der Waals surface area contributed by atoms with Gasteiger partial charge in [0, 0.05) is 0 Å². The molecule has 1 unspecified atom stereocenters. The lowest BCUT2D eigenvalue weighted by Crippen LogP contribution is -2.46. The molecule has 0 aromatic heterocycles. The van der Waals surface area contributed by atoms with Crippen molar-refractivity contribution in [3.63, 3.8) is 0 Å². The van der Waals surface area contributed by atoms with Crippen LogP contribution in [-0.4, -0.2) is 35.9 Å². The van der Waals surface area contributed by atoms with E-state index in [0.29, 0.717) is 12.0 Å². The molecule has 0 heterocycles. The van der Waals surface area contributed by atoms with Gasteiger partial charge in [-0.25, -0.2) is 0 Å². The normalized spacial score (nSPS) is 15.0. The molecule has 9 heteroatoms. The zero-order valence-electron chi connectivity index (χ0n) is 14.8. The summed E-state index contributed by atoms with van der Waals surface area (Å²) in [6, 6.07) is 3.85. The Morgan fingerprint density at radius 3 is 2.23 bits per heavy atom. The van der Waals surface area contributed by atoms with Crippen molar-refractivity contribution in [1.82, 2.24) is 10.6 Å². The highest BCUT2D eigenvalue weighted by molar-refractivity contribution is 5.80. The molecule has 0 aliphatic rings. The number of hydrogen-bond donors (Lipinski definition) is 3. The molecule has 26 heavy (non-hydrogen) atoms. The van der Waals surface area contributed by atoms with E-state index in [0.717, 1.165) is 12.1 Å². The van der Waals surface area contributed by atoms with Crippen LogP contribution in [0.3, 0.4) is 0 Å². The van der Waals surface area contributed by atoms with E-state index in [9.17, 15) is 22.8 Å². The molecule has 0 aliphatic heterocycles. The number of halogens is 3. The number of carbonyl (C=O) groups excluding carboxylic acids is 1. The van der Waals surface area contributed by atoms with Crippen molar-refractivity contribution in [3.05, 3.63) is 29.8 Å². The highest BCUT2D eigenvalue weighted by Crippen LogP contribution is 2.24. The lowest BCUT2D eigenvalue weighted by atomic mass is 9.99. The van der Waals surface area contributed by atoms with Crippen LogP contribution in [0.5, 0.6) is 5.75 Å². The van der Waals surface area contributed by atoms with Crippen LogP contribution >= 0.6 is 0 Å². The SMILES string of the molecule is CC[C@H](C)[C@H](NCC(=O)NC(C)c1ccc(OC(F)(F)F)cc1)C(=O)O. The third-order valence-electron chi connectivity index (χ3n) is 3.95. The van der Waals surface area contributed by atoms with Crippen molar-refractivity contribution < 1.29 is 32.6 Å². The number of carboxylic acids is 1. The molecule has 146 valence electrons. The molecule has 0 saturated carbocycles. The first-order valence-electron chi connectivity index (χ1n) is 8.14. The zero-order chi connectivity index (χ0) is 19.9. The second-order valence-electron chi connectivity index (χ2n) is 5.99. The Hall–Kier alpha value is -2.29. The predicted octanol–water partition coefficient (Wildman–Crippen LogP) is 2.85. The maximum Gasteiger partial charge on any atom is 0.573 e. The van der Waals surface area contributed by atoms with Gasteiger partial charge in [-0.15, -0.1) is 13.2 Å². The summed E-state index contributed by atoms with van der Waals surface area (Å²) in [5, 5.41) is 14.5. The number of hydrogen-bond acceptors (Lipinski definition) is 4. The quantitative estimate of drug-likeness (QED) is 0.617. The van der Waals surface area contributed by atoms with Crippen molar-refractivity contribution in [3.8, 4) is 5.75 Å². The molecule has 1 rings (SSSR count). The van der Waals surface area contributed by atoms with E-state index in [4.69, 9.17) is 5.11 Å². The summed E-state index contributed by atoms with van der Waals surface area (Å²) in [7, 11) is 0. The van der Waals surface area contributed by atoms with Crippen LogP contribution < -0.4 is 15.4 Å². The highest BCUT2D eigenvalue weighted by Gasteiger charge is 2.31. The van der Waals surface area contributed by atoms with Gasteiger partial charge >= 0.3 is 12.3 Å². The summed E-state index contributed by atoms with van der Waals surface area (Å²) in [6.45, 7) is 5.12. The Kier molecular flexibility index (Phi) is 7.88. The molecule has 3 atom stereocenters. The third kappa shape index (κ3) is 7.30. The molecule has 1 aromatic carbocycles. The van der Waals surface area contributed by atoms with Crippen molar-refractivity contribution in [2.45, 2.75) is 45.6 Å². The average molecular weight is 376 g/mol. The molecule has 0 aliphatic carbocycles. The Morgan fingerprint density at radius 1 is 1.19 bits per heavy atom. The first-order valence-corrected chi connectivity index (χ1v) is 8.14. The van der Waals surface area contributed by atoms with E-state index < -0.39 is 30.3 Å². The molecular formula is C17H23F3N2O4. The molecule has 1 amide bonds. The van der Waals surface area contributed by atoms with Crippen molar-refractivity contribution in [2.75, 3.05) is 6.54 Å². The maximum absolute atomic E-state index is 12.1. The van der Waals surface area contributed by atoms with Gasteiger partial charge in [-0.2, -0.15) is 0 Å². The highest BCUT2D eigenvalue weighted by atomic mass is 19.4. The van der Waals surface area contributed by atoms with Crippen LogP contribution in [0.1, 0.15) is 38.8 Å². The monoisotopic (exact) mass is 376 g/mol.